The topological polar surface area (TPSA) is 25.4 Å². The lowest BCUT2D eigenvalue weighted by atomic mass is 10.2. The monoisotopic (exact) mass is 264 g/mol. The molecule has 0 fully saturated rings. The quantitative estimate of drug-likeness (QED) is 0.848. The van der Waals surface area contributed by atoms with Gasteiger partial charge in [-0.05, 0) is 19.1 Å². The van der Waals surface area contributed by atoms with Crippen LogP contribution < -0.4 is 9.64 Å². The summed E-state index contributed by atoms with van der Waals surface area (Å²) in [7, 11) is 3.78. The van der Waals surface area contributed by atoms with Crippen LogP contribution in [0.2, 0.25) is 0 Å². The van der Waals surface area contributed by atoms with Gasteiger partial charge in [0, 0.05) is 31.4 Å². The molecule has 0 atom stereocenters. The maximum Gasteiger partial charge on any atom is 0.256 e. The van der Waals surface area contributed by atoms with E-state index in [1.165, 1.54) is 6.92 Å². The number of hydrogen-bond acceptors (Lipinski definition) is 3. The van der Waals surface area contributed by atoms with Gasteiger partial charge >= 0.3 is 0 Å². The fraction of sp³-hybridized carbons (Fsp3) is 0.214. The van der Waals surface area contributed by atoms with Gasteiger partial charge in [0.05, 0.1) is 6.20 Å². The molecular weight excluding hydrogens is 250 g/mol. The van der Waals surface area contributed by atoms with Crippen molar-refractivity contribution in [2.45, 2.75) is 6.92 Å². The smallest absolute Gasteiger partial charge is 0.256 e. The number of halogens is 2. The zero-order valence-corrected chi connectivity index (χ0v) is 10.9. The highest BCUT2D eigenvalue weighted by molar-refractivity contribution is 5.50. The molecule has 0 aliphatic carbocycles. The van der Waals surface area contributed by atoms with Gasteiger partial charge in [0.25, 0.3) is 5.88 Å². The molecule has 0 bridgehead atoms. The molecule has 1 aromatic carbocycles. The Morgan fingerprint density at radius 2 is 1.95 bits per heavy atom. The number of rotatable bonds is 3. The van der Waals surface area contributed by atoms with Gasteiger partial charge in [-0.1, -0.05) is 6.07 Å². The fourth-order valence-electron chi connectivity index (χ4n) is 1.54. The van der Waals surface area contributed by atoms with Crippen LogP contribution in [0, 0.1) is 18.6 Å². The van der Waals surface area contributed by atoms with Gasteiger partial charge < -0.3 is 9.64 Å². The second-order valence-corrected chi connectivity index (χ2v) is 4.34. The van der Waals surface area contributed by atoms with Crippen LogP contribution >= 0.6 is 0 Å². The highest BCUT2D eigenvalue weighted by Gasteiger charge is 2.13. The van der Waals surface area contributed by atoms with Crippen molar-refractivity contribution in [1.29, 1.82) is 0 Å². The van der Waals surface area contributed by atoms with Gasteiger partial charge in [-0.15, -0.1) is 0 Å². The predicted molar refractivity (Wildman–Crippen MR) is 69.7 cm³/mol. The van der Waals surface area contributed by atoms with E-state index in [0.717, 1.165) is 11.9 Å². The summed E-state index contributed by atoms with van der Waals surface area (Å²) in [6, 6.07) is 7.12. The summed E-state index contributed by atoms with van der Waals surface area (Å²) in [5.74, 6) is -1.25. The maximum absolute atomic E-state index is 13.8. The lowest BCUT2D eigenvalue weighted by Gasteiger charge is -2.14. The molecule has 0 amide bonds. The Balaban J connectivity index is 2.31. The molecule has 1 aromatic heterocycles. The molecule has 0 saturated heterocycles. The van der Waals surface area contributed by atoms with E-state index in [9.17, 15) is 8.78 Å². The van der Waals surface area contributed by atoms with Crippen LogP contribution in [0.5, 0.6) is 11.6 Å². The van der Waals surface area contributed by atoms with Gasteiger partial charge in [0.2, 0.25) is 0 Å². The molecule has 0 spiro atoms. The molecule has 1 heterocycles. The minimum absolute atomic E-state index is 0.103. The van der Waals surface area contributed by atoms with Crippen LogP contribution in [0.15, 0.2) is 30.5 Å². The largest absolute Gasteiger partial charge is 0.436 e. The summed E-state index contributed by atoms with van der Waals surface area (Å²) < 4.78 is 32.2. The molecule has 100 valence electrons. The predicted octanol–water partition coefficient (Wildman–Crippen LogP) is 3.53. The first-order valence-electron chi connectivity index (χ1n) is 5.75. The lowest BCUT2D eigenvalue weighted by Crippen LogP contribution is -2.08. The number of pyridine rings is 1. The summed E-state index contributed by atoms with van der Waals surface area (Å²) in [6.07, 6.45) is 0.948. The van der Waals surface area contributed by atoms with E-state index in [1.807, 2.05) is 25.1 Å². The van der Waals surface area contributed by atoms with E-state index >= 15 is 0 Å². The average Bonchev–Trinajstić information content (AvgIpc) is 2.40. The summed E-state index contributed by atoms with van der Waals surface area (Å²) in [5, 5.41) is 0. The Labute approximate surface area is 110 Å². The van der Waals surface area contributed by atoms with Crippen molar-refractivity contribution in [2.75, 3.05) is 19.0 Å². The number of anilines is 1. The molecule has 0 aliphatic heterocycles. The van der Waals surface area contributed by atoms with E-state index in [1.54, 1.807) is 18.2 Å². The molecule has 3 nitrogen and oxygen atoms in total. The van der Waals surface area contributed by atoms with Crippen LogP contribution in [0.4, 0.5) is 14.5 Å². The third-order valence-electron chi connectivity index (χ3n) is 2.72. The van der Waals surface area contributed by atoms with Gasteiger partial charge in [0.1, 0.15) is 11.6 Å². The first-order chi connectivity index (χ1) is 8.99. The summed E-state index contributed by atoms with van der Waals surface area (Å²) >= 11 is 0. The van der Waals surface area contributed by atoms with E-state index in [2.05, 4.69) is 4.98 Å². The summed E-state index contributed by atoms with van der Waals surface area (Å²) in [5.41, 5.74) is 0.811. The standard InChI is InChI=1S/C14H14F2N2O/c1-9-12(15)8-17-14(13(9)16)19-11-6-4-5-10(7-11)18(2)3/h4-8H,1-3H3. The number of nitrogens with zero attached hydrogens (tertiary/aromatic N) is 2. The third kappa shape index (κ3) is 2.81. The van der Waals surface area contributed by atoms with Crippen molar-refractivity contribution in [3.8, 4) is 11.6 Å². The molecule has 2 aromatic rings. The lowest BCUT2D eigenvalue weighted by molar-refractivity contribution is 0.413. The highest BCUT2D eigenvalue weighted by Crippen LogP contribution is 2.27. The van der Waals surface area contributed by atoms with E-state index in [4.69, 9.17) is 4.74 Å². The first kappa shape index (κ1) is 13.3. The Morgan fingerprint density at radius 3 is 2.63 bits per heavy atom. The van der Waals surface area contributed by atoms with Crippen LogP contribution in [-0.4, -0.2) is 19.1 Å². The summed E-state index contributed by atoms with van der Waals surface area (Å²) in [4.78, 5) is 5.52. The van der Waals surface area contributed by atoms with Gasteiger partial charge in [0.15, 0.2) is 5.82 Å². The van der Waals surface area contributed by atoms with Crippen LogP contribution in [0.1, 0.15) is 5.56 Å². The SMILES string of the molecule is Cc1c(F)cnc(Oc2cccc(N(C)C)c2)c1F. The minimum atomic E-state index is -0.782. The van der Waals surface area contributed by atoms with Crippen molar-refractivity contribution < 1.29 is 13.5 Å². The zero-order chi connectivity index (χ0) is 14.0. The first-order valence-corrected chi connectivity index (χ1v) is 5.75. The normalized spacial score (nSPS) is 10.4. The van der Waals surface area contributed by atoms with E-state index < -0.39 is 11.6 Å². The highest BCUT2D eigenvalue weighted by atomic mass is 19.1. The fourth-order valence-corrected chi connectivity index (χ4v) is 1.54. The number of benzene rings is 1. The molecule has 0 N–H and O–H groups in total. The zero-order valence-electron chi connectivity index (χ0n) is 10.9. The molecule has 0 unspecified atom stereocenters. The second-order valence-electron chi connectivity index (χ2n) is 4.34. The van der Waals surface area contributed by atoms with Gasteiger partial charge in [-0.3, -0.25) is 0 Å². The van der Waals surface area contributed by atoms with Crippen LogP contribution in [0.3, 0.4) is 0 Å². The van der Waals surface area contributed by atoms with Crippen LogP contribution in [-0.2, 0) is 0 Å². The van der Waals surface area contributed by atoms with Crippen molar-refractivity contribution >= 4 is 5.69 Å². The van der Waals surface area contributed by atoms with Gasteiger partial charge in [-0.25, -0.2) is 13.8 Å². The van der Waals surface area contributed by atoms with E-state index in [0.29, 0.717) is 5.75 Å². The second kappa shape index (κ2) is 5.22. The number of ether oxygens (including phenoxy) is 1. The van der Waals surface area contributed by atoms with Crippen molar-refractivity contribution in [3.63, 3.8) is 0 Å². The molecular formula is C14H14F2N2O. The molecule has 5 heteroatoms. The van der Waals surface area contributed by atoms with Crippen LogP contribution in [0.25, 0.3) is 0 Å². The summed E-state index contributed by atoms with van der Waals surface area (Å²) in [6.45, 7) is 1.34. The Morgan fingerprint density at radius 1 is 1.21 bits per heavy atom. The number of hydrogen-bond donors (Lipinski definition) is 0. The minimum Gasteiger partial charge on any atom is -0.436 e. The van der Waals surface area contributed by atoms with Crippen molar-refractivity contribution in [3.05, 3.63) is 47.7 Å². The maximum atomic E-state index is 13.8. The Bertz CT molecular complexity index is 600. The van der Waals surface area contributed by atoms with Crippen molar-refractivity contribution in [1.82, 2.24) is 4.98 Å². The third-order valence-corrected chi connectivity index (χ3v) is 2.72. The van der Waals surface area contributed by atoms with Crippen molar-refractivity contribution in [2.24, 2.45) is 0 Å². The molecule has 0 saturated carbocycles. The van der Waals surface area contributed by atoms with E-state index in [-0.39, 0.29) is 11.4 Å². The van der Waals surface area contributed by atoms with Gasteiger partial charge in [-0.2, -0.15) is 0 Å². The number of aromatic nitrogens is 1. The molecule has 0 aliphatic rings. The average molecular weight is 264 g/mol. The Hall–Kier alpha value is -2.17. The molecule has 2 rings (SSSR count). The molecule has 0 radical (unpaired) electrons. The Kier molecular flexibility index (Phi) is 3.64. The molecule has 19 heavy (non-hydrogen) atoms.